The number of hydrogen-bond acceptors (Lipinski definition) is 3. The average molecular weight is 334 g/mol. The third-order valence-electron chi connectivity index (χ3n) is 3.18. The molecular formula is C17H16ClNO4. The zero-order valence-electron chi connectivity index (χ0n) is 12.7. The monoisotopic (exact) mass is 333 g/mol. The average Bonchev–Trinajstić information content (AvgIpc) is 2.46. The third-order valence-corrected chi connectivity index (χ3v) is 3.41. The lowest BCUT2D eigenvalue weighted by atomic mass is 10.1. The van der Waals surface area contributed by atoms with Crippen LogP contribution >= 0.6 is 11.6 Å². The zero-order chi connectivity index (χ0) is 17.0. The van der Waals surface area contributed by atoms with Crippen LogP contribution in [0.5, 0.6) is 5.75 Å². The smallest absolute Gasteiger partial charge is 0.337 e. The minimum Gasteiger partial charge on any atom is -0.483 e. The molecule has 0 aliphatic rings. The molecule has 0 bridgehead atoms. The Morgan fingerprint density at radius 1 is 1.17 bits per heavy atom. The van der Waals surface area contributed by atoms with Gasteiger partial charge in [0.1, 0.15) is 5.75 Å². The lowest BCUT2D eigenvalue weighted by Crippen LogP contribution is -2.21. The number of benzene rings is 2. The Morgan fingerprint density at radius 3 is 2.57 bits per heavy atom. The zero-order valence-corrected chi connectivity index (χ0v) is 13.5. The first-order valence-corrected chi connectivity index (χ1v) is 7.27. The van der Waals surface area contributed by atoms with Crippen LogP contribution in [0.2, 0.25) is 5.02 Å². The number of carbonyl (C=O) groups excluding carboxylic acids is 1. The van der Waals surface area contributed by atoms with Gasteiger partial charge in [0.15, 0.2) is 6.61 Å². The minimum atomic E-state index is -1.15. The number of anilines is 1. The minimum absolute atomic E-state index is 0.0331. The van der Waals surface area contributed by atoms with Gasteiger partial charge in [0.25, 0.3) is 5.91 Å². The molecule has 2 aromatic carbocycles. The molecule has 0 unspecified atom stereocenters. The standard InChI is InChI=1S/C17H16ClNO4/c1-10-3-6-15(11(2)7-10)23-9-16(20)19-14-8-12(18)4-5-13(14)17(21)22/h3-8H,9H2,1-2H3,(H,19,20)(H,21,22). The molecule has 0 spiro atoms. The lowest BCUT2D eigenvalue weighted by molar-refractivity contribution is -0.118. The quantitative estimate of drug-likeness (QED) is 0.875. The summed E-state index contributed by atoms with van der Waals surface area (Å²) in [5.74, 6) is -1.00. The number of carbonyl (C=O) groups is 2. The summed E-state index contributed by atoms with van der Waals surface area (Å²) >= 11 is 5.84. The van der Waals surface area contributed by atoms with Crippen molar-refractivity contribution in [3.05, 3.63) is 58.1 Å². The number of rotatable bonds is 5. The van der Waals surface area contributed by atoms with Crippen LogP contribution in [0.1, 0.15) is 21.5 Å². The summed E-state index contributed by atoms with van der Waals surface area (Å²) in [4.78, 5) is 23.1. The normalized spacial score (nSPS) is 10.2. The lowest BCUT2D eigenvalue weighted by Gasteiger charge is -2.11. The molecule has 1 amide bonds. The maximum absolute atomic E-state index is 12.0. The van der Waals surface area contributed by atoms with E-state index in [1.807, 2.05) is 26.0 Å². The van der Waals surface area contributed by atoms with E-state index in [4.69, 9.17) is 21.4 Å². The van der Waals surface area contributed by atoms with Crippen LogP contribution in [0.25, 0.3) is 0 Å². The van der Waals surface area contributed by atoms with Crippen molar-refractivity contribution in [2.45, 2.75) is 13.8 Å². The Kier molecular flexibility index (Phi) is 5.24. The van der Waals surface area contributed by atoms with E-state index in [9.17, 15) is 9.59 Å². The van der Waals surface area contributed by atoms with E-state index in [-0.39, 0.29) is 17.9 Å². The Bertz CT molecular complexity index is 758. The first-order valence-electron chi connectivity index (χ1n) is 6.89. The molecule has 0 aliphatic heterocycles. The molecule has 2 rings (SSSR count). The van der Waals surface area contributed by atoms with Gasteiger partial charge >= 0.3 is 5.97 Å². The fourth-order valence-corrected chi connectivity index (χ4v) is 2.27. The highest BCUT2D eigenvalue weighted by Gasteiger charge is 2.13. The van der Waals surface area contributed by atoms with E-state index in [0.717, 1.165) is 11.1 Å². The molecule has 120 valence electrons. The van der Waals surface area contributed by atoms with Gasteiger partial charge in [0.2, 0.25) is 0 Å². The number of hydrogen-bond donors (Lipinski definition) is 2. The van der Waals surface area contributed by atoms with Crippen LogP contribution in [0.15, 0.2) is 36.4 Å². The summed E-state index contributed by atoms with van der Waals surface area (Å²) in [6.07, 6.45) is 0. The molecule has 23 heavy (non-hydrogen) atoms. The van der Waals surface area contributed by atoms with Crippen molar-refractivity contribution in [2.75, 3.05) is 11.9 Å². The summed E-state index contributed by atoms with van der Waals surface area (Å²) < 4.78 is 5.46. The van der Waals surface area contributed by atoms with E-state index >= 15 is 0 Å². The fourth-order valence-electron chi connectivity index (χ4n) is 2.10. The summed E-state index contributed by atoms with van der Waals surface area (Å²) in [5, 5.41) is 12.0. The van der Waals surface area contributed by atoms with Gasteiger partial charge in [-0.3, -0.25) is 4.79 Å². The molecule has 0 radical (unpaired) electrons. The molecule has 2 N–H and O–H groups in total. The van der Waals surface area contributed by atoms with Crippen molar-refractivity contribution in [1.82, 2.24) is 0 Å². The van der Waals surface area contributed by atoms with Crippen molar-refractivity contribution in [3.8, 4) is 5.75 Å². The SMILES string of the molecule is Cc1ccc(OCC(=O)Nc2cc(Cl)ccc2C(=O)O)c(C)c1. The van der Waals surface area contributed by atoms with Gasteiger partial charge in [0.05, 0.1) is 11.3 Å². The molecule has 0 aliphatic carbocycles. The van der Waals surface area contributed by atoms with Gasteiger partial charge in [-0.2, -0.15) is 0 Å². The highest BCUT2D eigenvalue weighted by Crippen LogP contribution is 2.22. The van der Waals surface area contributed by atoms with Crippen LogP contribution < -0.4 is 10.1 Å². The second-order valence-electron chi connectivity index (χ2n) is 5.10. The number of carboxylic acids is 1. The number of ether oxygens (including phenoxy) is 1. The highest BCUT2D eigenvalue weighted by atomic mass is 35.5. The van der Waals surface area contributed by atoms with E-state index < -0.39 is 11.9 Å². The van der Waals surface area contributed by atoms with Crippen molar-refractivity contribution < 1.29 is 19.4 Å². The molecule has 0 atom stereocenters. The predicted molar refractivity (Wildman–Crippen MR) is 88.5 cm³/mol. The van der Waals surface area contributed by atoms with Gasteiger partial charge in [-0.15, -0.1) is 0 Å². The second-order valence-corrected chi connectivity index (χ2v) is 5.54. The summed E-state index contributed by atoms with van der Waals surface area (Å²) in [6, 6.07) is 9.81. The van der Waals surface area contributed by atoms with Gasteiger partial charge in [-0.05, 0) is 43.7 Å². The Labute approximate surface area is 138 Å². The van der Waals surface area contributed by atoms with E-state index in [1.165, 1.54) is 18.2 Å². The number of carboxylic acid groups (broad SMARTS) is 1. The Morgan fingerprint density at radius 2 is 1.91 bits per heavy atom. The van der Waals surface area contributed by atoms with Crippen molar-refractivity contribution in [2.24, 2.45) is 0 Å². The van der Waals surface area contributed by atoms with Gasteiger partial charge < -0.3 is 15.2 Å². The molecule has 6 heteroatoms. The predicted octanol–water partition coefficient (Wildman–Crippen LogP) is 3.67. The summed E-state index contributed by atoms with van der Waals surface area (Å²) in [7, 11) is 0. The first kappa shape index (κ1) is 16.8. The van der Waals surface area contributed by atoms with E-state index in [2.05, 4.69) is 5.32 Å². The van der Waals surface area contributed by atoms with Gasteiger partial charge in [0, 0.05) is 5.02 Å². The number of aromatic carboxylic acids is 1. The molecule has 5 nitrogen and oxygen atoms in total. The number of amides is 1. The van der Waals surface area contributed by atoms with Crippen LogP contribution in [-0.4, -0.2) is 23.6 Å². The second kappa shape index (κ2) is 7.15. The first-order chi connectivity index (χ1) is 10.9. The van der Waals surface area contributed by atoms with Crippen LogP contribution in [0.4, 0.5) is 5.69 Å². The third kappa shape index (κ3) is 4.47. The molecular weight excluding hydrogens is 318 g/mol. The summed E-state index contributed by atoms with van der Waals surface area (Å²) in [5.41, 5.74) is 2.13. The molecule has 0 aromatic heterocycles. The van der Waals surface area contributed by atoms with Crippen LogP contribution in [-0.2, 0) is 4.79 Å². The van der Waals surface area contributed by atoms with E-state index in [0.29, 0.717) is 10.8 Å². The maximum Gasteiger partial charge on any atom is 0.337 e. The summed E-state index contributed by atoms with van der Waals surface area (Å²) in [6.45, 7) is 3.63. The highest BCUT2D eigenvalue weighted by molar-refractivity contribution is 6.31. The molecule has 0 heterocycles. The Balaban J connectivity index is 2.05. The van der Waals surface area contributed by atoms with Crippen molar-refractivity contribution in [1.29, 1.82) is 0 Å². The topological polar surface area (TPSA) is 75.6 Å². The number of halogens is 1. The van der Waals surface area contributed by atoms with Gasteiger partial charge in [-0.25, -0.2) is 4.79 Å². The van der Waals surface area contributed by atoms with E-state index in [1.54, 1.807) is 6.07 Å². The molecule has 0 saturated carbocycles. The number of nitrogens with one attached hydrogen (secondary N) is 1. The number of aryl methyl sites for hydroxylation is 2. The molecule has 2 aromatic rings. The van der Waals surface area contributed by atoms with Crippen molar-refractivity contribution in [3.63, 3.8) is 0 Å². The van der Waals surface area contributed by atoms with Crippen molar-refractivity contribution >= 4 is 29.2 Å². The largest absolute Gasteiger partial charge is 0.483 e. The fraction of sp³-hybridized carbons (Fsp3) is 0.176. The van der Waals surface area contributed by atoms with Crippen LogP contribution in [0, 0.1) is 13.8 Å². The molecule has 0 fully saturated rings. The van der Waals surface area contributed by atoms with Gasteiger partial charge in [-0.1, -0.05) is 29.3 Å². The maximum atomic E-state index is 12.0. The molecule has 0 saturated heterocycles. The van der Waals surface area contributed by atoms with Crippen LogP contribution in [0.3, 0.4) is 0 Å². The Hall–Kier alpha value is -2.53.